The number of aryl methyl sites for hydroxylation is 4. The lowest BCUT2D eigenvalue weighted by Crippen LogP contribution is -2.62. The van der Waals surface area contributed by atoms with E-state index in [9.17, 15) is 13.2 Å². The van der Waals surface area contributed by atoms with Crippen molar-refractivity contribution in [3.05, 3.63) is 58.7 Å². The number of para-hydroxylation sites is 2. The largest absolute Gasteiger partial charge is 0.741 e. The first-order valence-corrected chi connectivity index (χ1v) is 12.3. The first kappa shape index (κ1) is 28.9. The Morgan fingerprint density at radius 2 is 1.26 bits per heavy atom. The van der Waals surface area contributed by atoms with E-state index in [2.05, 4.69) is 118 Å². The molecule has 1 aliphatic heterocycles. The van der Waals surface area contributed by atoms with Crippen molar-refractivity contribution >= 4 is 41.6 Å². The molecule has 0 aliphatic carbocycles. The third-order valence-electron chi connectivity index (χ3n) is 5.82. The molecule has 0 fully saturated rings. The summed E-state index contributed by atoms with van der Waals surface area (Å²) in [6, 6.07) is 13.1. The lowest BCUT2D eigenvalue weighted by atomic mass is 9.32. The maximum Gasteiger partial charge on any atom is 0.506 e. The standard InChI is InChI=1S/C21H31B2N4.CHF3O3S/c1-16-11-9-12-17(2)20(16)26-15-27(21-18(3)13-10-14-19(21)4)23(25(7)8)22(26)24(5)6;2-1(3,4)8(5,6)7/h9-15H,1-8H3;(H,5,6,7)/q+1;/p-1. The lowest BCUT2D eigenvalue weighted by molar-refractivity contribution is -0.285. The summed E-state index contributed by atoms with van der Waals surface area (Å²) in [5, 5.41) is 0. The minimum atomic E-state index is -6.09. The fourth-order valence-electron chi connectivity index (χ4n) is 4.39. The van der Waals surface area contributed by atoms with Gasteiger partial charge in [-0.3, -0.25) is 9.30 Å². The Morgan fingerprint density at radius 3 is 1.60 bits per heavy atom. The summed E-state index contributed by atoms with van der Waals surface area (Å²) in [7, 11) is 2.59. The molecule has 2 aromatic rings. The minimum absolute atomic E-state index is 0.207. The van der Waals surface area contributed by atoms with Crippen molar-refractivity contribution in [3.8, 4) is 0 Å². The van der Waals surface area contributed by atoms with Gasteiger partial charge in [-0.1, -0.05) is 36.4 Å². The third-order valence-corrected chi connectivity index (χ3v) is 6.39. The van der Waals surface area contributed by atoms with E-state index in [1.807, 2.05) is 0 Å². The molecule has 0 bridgehead atoms. The molecule has 7 nitrogen and oxygen atoms in total. The van der Waals surface area contributed by atoms with Gasteiger partial charge in [0.1, 0.15) is 11.4 Å². The molecule has 0 radical (unpaired) electrons. The van der Waals surface area contributed by atoms with Crippen molar-refractivity contribution in [2.24, 2.45) is 0 Å². The summed E-state index contributed by atoms with van der Waals surface area (Å²) in [5.41, 5.74) is 2.18. The summed E-state index contributed by atoms with van der Waals surface area (Å²) in [6.07, 6.45) is 2.31. The van der Waals surface area contributed by atoms with E-state index < -0.39 is 15.6 Å². The van der Waals surface area contributed by atoms with E-state index in [1.165, 1.54) is 33.6 Å². The number of anilines is 1. The maximum absolute atomic E-state index is 10.7. The van der Waals surface area contributed by atoms with Gasteiger partial charge < -0.3 is 14.2 Å². The Morgan fingerprint density at radius 1 is 0.857 bits per heavy atom. The number of hydrogen-bond acceptors (Lipinski definition) is 6. The van der Waals surface area contributed by atoms with Crippen LogP contribution in [0.2, 0.25) is 0 Å². The van der Waals surface area contributed by atoms with Crippen LogP contribution in [-0.2, 0) is 10.1 Å². The molecule has 0 atom stereocenters. The van der Waals surface area contributed by atoms with Gasteiger partial charge in [0.2, 0.25) is 6.34 Å². The molecule has 1 heterocycles. The lowest BCUT2D eigenvalue weighted by Gasteiger charge is -2.26. The predicted molar refractivity (Wildman–Crippen MR) is 135 cm³/mol. The maximum atomic E-state index is 10.7. The highest BCUT2D eigenvalue weighted by molar-refractivity contribution is 7.86. The molecule has 0 amide bonds. The Bertz CT molecular complexity index is 1160. The van der Waals surface area contributed by atoms with E-state index in [1.54, 1.807) is 0 Å². The van der Waals surface area contributed by atoms with Gasteiger partial charge in [-0.25, -0.2) is 8.42 Å². The van der Waals surface area contributed by atoms with Crippen LogP contribution in [0.1, 0.15) is 22.3 Å². The van der Waals surface area contributed by atoms with Crippen LogP contribution in [0.5, 0.6) is 0 Å². The van der Waals surface area contributed by atoms with Crippen molar-refractivity contribution < 1.29 is 30.6 Å². The zero-order valence-corrected chi connectivity index (χ0v) is 22.1. The number of halogens is 3. The molecule has 0 unspecified atom stereocenters. The molecule has 190 valence electrons. The van der Waals surface area contributed by atoms with E-state index in [0.29, 0.717) is 0 Å². The third kappa shape index (κ3) is 6.27. The summed E-state index contributed by atoms with van der Waals surface area (Å²) in [5.74, 6) is 0. The van der Waals surface area contributed by atoms with E-state index in [0.717, 1.165) is 0 Å². The average Bonchev–Trinajstić information content (AvgIpc) is 3.07. The van der Waals surface area contributed by atoms with Gasteiger partial charge in [0, 0.05) is 0 Å². The minimum Gasteiger partial charge on any atom is -0.741 e. The van der Waals surface area contributed by atoms with E-state index in [4.69, 9.17) is 13.0 Å². The second-order valence-electron chi connectivity index (χ2n) is 9.07. The molecule has 1 aliphatic rings. The van der Waals surface area contributed by atoms with Gasteiger partial charge in [-0.15, -0.1) is 0 Å². The van der Waals surface area contributed by atoms with Crippen molar-refractivity contribution in [2.45, 2.75) is 33.2 Å². The first-order valence-electron chi connectivity index (χ1n) is 10.9. The van der Waals surface area contributed by atoms with Crippen molar-refractivity contribution in [1.82, 2.24) is 9.62 Å². The van der Waals surface area contributed by atoms with Gasteiger partial charge in [0.05, 0.1) is 0 Å². The van der Waals surface area contributed by atoms with Gasteiger partial charge >= 0.3 is 19.3 Å². The normalized spacial score (nSPS) is 14.5. The number of benzene rings is 2. The van der Waals surface area contributed by atoms with Gasteiger partial charge in [0.15, 0.2) is 10.1 Å². The fourth-order valence-corrected chi connectivity index (χ4v) is 4.39. The Labute approximate surface area is 206 Å². The number of alkyl halides is 3. The molecular formula is C22H31B2F3N4O3S. The quantitative estimate of drug-likeness (QED) is 0.357. The van der Waals surface area contributed by atoms with Crippen molar-refractivity contribution in [3.63, 3.8) is 0 Å². The van der Waals surface area contributed by atoms with Crippen LogP contribution in [0, 0.1) is 27.7 Å². The van der Waals surface area contributed by atoms with Gasteiger partial charge in [-0.2, -0.15) is 13.2 Å². The van der Waals surface area contributed by atoms with Crippen LogP contribution < -0.4 is 4.81 Å². The fraction of sp³-hybridized carbons (Fsp3) is 0.409. The average molecular weight is 510 g/mol. The highest BCUT2D eigenvalue weighted by Gasteiger charge is 2.59. The number of hydrogen-bond donors (Lipinski definition) is 0. The molecule has 0 saturated carbocycles. The summed E-state index contributed by atoms with van der Waals surface area (Å²) >= 11 is 0. The van der Waals surface area contributed by atoms with Crippen LogP contribution in [0.3, 0.4) is 0 Å². The molecular weight excluding hydrogens is 479 g/mol. The van der Waals surface area contributed by atoms with Gasteiger partial charge in [-0.05, 0) is 78.1 Å². The molecule has 13 heteroatoms. The van der Waals surface area contributed by atoms with Crippen molar-refractivity contribution in [2.75, 3.05) is 33.0 Å². The predicted octanol–water partition coefficient (Wildman–Crippen LogP) is 3.34. The highest BCUT2D eigenvalue weighted by atomic mass is 32.2. The molecule has 2 aromatic carbocycles. The molecule has 0 saturated heterocycles. The SMILES string of the molecule is Cc1cccc(C)c1N1C=[N+](c2c(C)cccc2C)B(N(C)C)B1N(C)C.O=S(=O)([O-])C(F)(F)F. The van der Waals surface area contributed by atoms with Gasteiger partial charge in [0.25, 0.3) is 0 Å². The second kappa shape index (κ2) is 10.7. The molecule has 35 heavy (non-hydrogen) atoms. The Balaban J connectivity index is 0.000000466. The number of nitrogens with zero attached hydrogens (tertiary/aromatic N) is 4. The van der Waals surface area contributed by atoms with Crippen LogP contribution in [0.15, 0.2) is 36.4 Å². The molecule has 3 rings (SSSR count). The Kier molecular flexibility index (Phi) is 8.86. The molecule has 0 spiro atoms. The van der Waals surface area contributed by atoms with Crippen molar-refractivity contribution in [1.29, 1.82) is 0 Å². The molecule has 0 N–H and O–H groups in total. The van der Waals surface area contributed by atoms with E-state index >= 15 is 0 Å². The van der Waals surface area contributed by atoms with Crippen LogP contribution in [0.25, 0.3) is 0 Å². The first-order chi connectivity index (χ1) is 16.0. The summed E-state index contributed by atoms with van der Waals surface area (Å²) in [6.45, 7) is 9.23. The zero-order chi connectivity index (χ0) is 26.9. The Hall–Kier alpha value is -2.34. The molecule has 0 aromatic heterocycles. The second-order valence-corrected chi connectivity index (χ2v) is 10.4. The zero-order valence-electron chi connectivity index (χ0n) is 21.3. The monoisotopic (exact) mass is 510 g/mol. The summed E-state index contributed by atoms with van der Waals surface area (Å²) in [4.78, 5) is 7.09. The smallest absolute Gasteiger partial charge is 0.506 e. The van der Waals surface area contributed by atoms with E-state index in [-0.39, 0.29) is 13.7 Å². The number of rotatable bonds is 4. The van der Waals surface area contributed by atoms with Crippen LogP contribution in [-0.4, -0.2) is 80.9 Å². The summed E-state index contributed by atoms with van der Waals surface area (Å²) < 4.78 is 61.3. The van der Waals surface area contributed by atoms with Crippen LogP contribution in [0.4, 0.5) is 24.5 Å². The van der Waals surface area contributed by atoms with Crippen LogP contribution >= 0.6 is 0 Å². The topological polar surface area (TPSA) is 69.9 Å². The highest BCUT2D eigenvalue weighted by Crippen LogP contribution is 2.32.